The van der Waals surface area contributed by atoms with Gasteiger partial charge in [0, 0.05) is 57.1 Å². The number of hydrogen-bond acceptors (Lipinski definition) is 6. The maximum Gasteiger partial charge on any atom is 0.416 e. The lowest BCUT2D eigenvalue weighted by Gasteiger charge is -2.36. The number of halogens is 3. The summed E-state index contributed by atoms with van der Waals surface area (Å²) in [6.07, 6.45) is 1.37. The van der Waals surface area contributed by atoms with Crippen LogP contribution in [-0.2, 0) is 23.8 Å². The van der Waals surface area contributed by atoms with Gasteiger partial charge < -0.3 is 9.80 Å². The lowest BCUT2D eigenvalue weighted by Crippen LogP contribution is -2.46. The number of aromatic nitrogens is 3. The minimum atomic E-state index is -4.39. The van der Waals surface area contributed by atoms with Gasteiger partial charge in [-0.2, -0.15) is 13.2 Å². The smallest absolute Gasteiger partial charge is 0.368 e. The van der Waals surface area contributed by atoms with Gasteiger partial charge in [0.25, 0.3) is 0 Å². The molecule has 0 saturated carbocycles. The predicted octanol–water partition coefficient (Wildman–Crippen LogP) is 6.39. The summed E-state index contributed by atoms with van der Waals surface area (Å²) < 4.78 is 38.3. The number of hydrogen-bond donors (Lipinski definition) is 0. The van der Waals surface area contributed by atoms with Crippen LogP contribution in [0.3, 0.4) is 0 Å². The van der Waals surface area contributed by atoms with Gasteiger partial charge in [-0.25, -0.2) is 4.98 Å². The molecule has 0 spiro atoms. The van der Waals surface area contributed by atoms with Crippen molar-refractivity contribution in [1.82, 2.24) is 15.0 Å². The van der Waals surface area contributed by atoms with Crippen molar-refractivity contribution in [2.24, 2.45) is 0 Å². The van der Waals surface area contributed by atoms with E-state index >= 15 is 0 Å². The molecule has 1 fully saturated rings. The maximum atomic E-state index is 12.8. The van der Waals surface area contributed by atoms with Crippen molar-refractivity contribution >= 4 is 28.3 Å². The number of Topliss-reactive ketones (excluding diaryl/α,β-unsaturated/α-hetero) is 1. The summed E-state index contributed by atoms with van der Waals surface area (Å²) in [5.74, 6) is 0.800. The molecule has 0 radical (unpaired) electrons. The normalized spacial score (nSPS) is 13.9. The fourth-order valence-electron chi connectivity index (χ4n) is 5.23. The molecule has 2 aromatic heterocycles. The molecule has 0 aliphatic carbocycles. The van der Waals surface area contributed by atoms with Crippen molar-refractivity contribution in [2.75, 3.05) is 36.0 Å². The molecule has 1 saturated heterocycles. The molecule has 0 N–H and O–H groups in total. The Kier molecular flexibility index (Phi) is 7.56. The Balaban J connectivity index is 1.10. The van der Waals surface area contributed by atoms with Crippen molar-refractivity contribution in [1.29, 1.82) is 0 Å². The Morgan fingerprint density at radius 2 is 1.31 bits per heavy atom. The van der Waals surface area contributed by atoms with Crippen LogP contribution in [-0.4, -0.2) is 46.9 Å². The van der Waals surface area contributed by atoms with E-state index in [9.17, 15) is 18.0 Å². The second-order valence-electron chi connectivity index (χ2n) is 10.4. The fraction of sp³-hybridized carbons (Fsp3) is 0.212. The molecule has 1 aliphatic rings. The van der Waals surface area contributed by atoms with Crippen molar-refractivity contribution in [3.63, 3.8) is 0 Å². The van der Waals surface area contributed by atoms with E-state index in [1.54, 1.807) is 0 Å². The largest absolute Gasteiger partial charge is 0.416 e. The Labute approximate surface area is 241 Å². The summed E-state index contributed by atoms with van der Waals surface area (Å²) in [5, 5.41) is 0. The number of carbonyl (C=O) groups is 1. The van der Waals surface area contributed by atoms with Crippen LogP contribution in [0.1, 0.15) is 16.7 Å². The summed E-state index contributed by atoms with van der Waals surface area (Å²) in [4.78, 5) is 30.8. The molecule has 42 heavy (non-hydrogen) atoms. The SMILES string of the molecule is O=C(Cc1ccc(-c2ccc3ncc(N4CCN(c5ccncc5)CC4)nc3c2)cc1)Cc1ccc(C(F)(F)F)cc1. The van der Waals surface area contributed by atoms with Crippen molar-refractivity contribution in [3.8, 4) is 11.1 Å². The van der Waals surface area contributed by atoms with Crippen molar-refractivity contribution < 1.29 is 18.0 Å². The van der Waals surface area contributed by atoms with Crippen LogP contribution in [0.2, 0.25) is 0 Å². The lowest BCUT2D eigenvalue weighted by atomic mass is 9.99. The molecule has 0 amide bonds. The van der Waals surface area contributed by atoms with Crippen LogP contribution >= 0.6 is 0 Å². The number of fused-ring (bicyclic) bond motifs is 1. The zero-order chi connectivity index (χ0) is 29.1. The van der Waals surface area contributed by atoms with E-state index < -0.39 is 11.7 Å². The van der Waals surface area contributed by atoms with Crippen LogP contribution in [0, 0.1) is 0 Å². The first-order valence-electron chi connectivity index (χ1n) is 13.8. The highest BCUT2D eigenvalue weighted by Gasteiger charge is 2.30. The monoisotopic (exact) mass is 567 g/mol. The van der Waals surface area contributed by atoms with Gasteiger partial charge in [0.15, 0.2) is 0 Å². The molecule has 5 aromatic rings. The average Bonchev–Trinajstić information content (AvgIpc) is 3.01. The van der Waals surface area contributed by atoms with Gasteiger partial charge in [0.1, 0.15) is 11.6 Å². The number of alkyl halides is 3. The first-order valence-corrected chi connectivity index (χ1v) is 13.8. The average molecular weight is 568 g/mol. The maximum absolute atomic E-state index is 12.8. The van der Waals surface area contributed by atoms with E-state index in [4.69, 9.17) is 4.98 Å². The van der Waals surface area contributed by atoms with Gasteiger partial charge >= 0.3 is 6.18 Å². The number of carbonyl (C=O) groups excluding carboxylic acids is 1. The lowest BCUT2D eigenvalue weighted by molar-refractivity contribution is -0.137. The zero-order valence-electron chi connectivity index (χ0n) is 22.8. The number of anilines is 2. The highest BCUT2D eigenvalue weighted by Crippen LogP contribution is 2.29. The third-order valence-corrected chi connectivity index (χ3v) is 7.53. The van der Waals surface area contributed by atoms with Gasteiger partial charge in [-0.15, -0.1) is 0 Å². The third kappa shape index (κ3) is 6.25. The van der Waals surface area contributed by atoms with Crippen molar-refractivity contribution in [2.45, 2.75) is 19.0 Å². The van der Waals surface area contributed by atoms with Crippen LogP contribution in [0.5, 0.6) is 0 Å². The van der Waals surface area contributed by atoms with Gasteiger partial charge in [0.05, 0.1) is 22.8 Å². The number of piperazine rings is 1. The second-order valence-corrected chi connectivity index (χ2v) is 10.4. The van der Waals surface area contributed by atoms with Gasteiger partial charge in [0.2, 0.25) is 0 Å². The topological polar surface area (TPSA) is 62.2 Å². The van der Waals surface area contributed by atoms with Crippen LogP contribution in [0.4, 0.5) is 24.7 Å². The molecule has 3 heterocycles. The summed E-state index contributed by atoms with van der Waals surface area (Å²) >= 11 is 0. The molecular formula is C33H28F3N5O. The standard InChI is InChI=1S/C33H28F3N5O/c34-33(35,36)27-8-3-24(4-9-27)20-29(42)19-23-1-5-25(6-2-23)26-7-10-30-31(21-26)39-32(22-38-30)41-17-15-40(16-18-41)28-11-13-37-14-12-28/h1-14,21-22H,15-20H2. The van der Waals surface area contributed by atoms with E-state index in [2.05, 4.69) is 19.8 Å². The number of nitrogens with zero attached hydrogens (tertiary/aromatic N) is 5. The third-order valence-electron chi connectivity index (χ3n) is 7.53. The second kappa shape index (κ2) is 11.6. The number of pyridine rings is 1. The van der Waals surface area contributed by atoms with E-state index in [1.165, 1.54) is 17.8 Å². The first kappa shape index (κ1) is 27.4. The number of ketones is 1. The molecule has 6 nitrogen and oxygen atoms in total. The Bertz CT molecular complexity index is 1680. The molecule has 6 rings (SSSR count). The van der Waals surface area contributed by atoms with Crippen LogP contribution in [0.25, 0.3) is 22.2 Å². The number of benzene rings is 3. The molecule has 0 atom stereocenters. The minimum absolute atomic E-state index is 0.0578. The molecular weight excluding hydrogens is 539 g/mol. The highest BCUT2D eigenvalue weighted by molar-refractivity contribution is 5.84. The molecule has 3 aromatic carbocycles. The quantitative estimate of drug-likeness (QED) is 0.227. The minimum Gasteiger partial charge on any atom is -0.368 e. The van der Waals surface area contributed by atoms with E-state index in [-0.39, 0.29) is 18.6 Å². The first-order chi connectivity index (χ1) is 20.3. The molecule has 0 bridgehead atoms. The van der Waals surface area contributed by atoms with Crippen LogP contribution < -0.4 is 9.80 Å². The molecule has 212 valence electrons. The summed E-state index contributed by atoms with van der Waals surface area (Å²) in [7, 11) is 0. The highest BCUT2D eigenvalue weighted by atomic mass is 19.4. The van der Waals surface area contributed by atoms with E-state index in [0.29, 0.717) is 5.56 Å². The molecule has 1 aliphatic heterocycles. The summed E-state index contributed by atoms with van der Waals surface area (Å²) in [6.45, 7) is 3.48. The van der Waals surface area contributed by atoms with E-state index in [0.717, 1.165) is 71.9 Å². The molecule has 9 heteroatoms. The Morgan fingerprint density at radius 1 is 0.714 bits per heavy atom. The fourth-order valence-corrected chi connectivity index (χ4v) is 5.23. The Hall–Kier alpha value is -4.79. The van der Waals surface area contributed by atoms with E-state index in [1.807, 2.05) is 73.2 Å². The van der Waals surface area contributed by atoms with Gasteiger partial charge in [-0.1, -0.05) is 42.5 Å². The summed E-state index contributed by atoms with van der Waals surface area (Å²) in [5.41, 5.74) is 5.51. The van der Waals surface area contributed by atoms with Crippen LogP contribution in [0.15, 0.2) is 97.5 Å². The van der Waals surface area contributed by atoms with Gasteiger partial charge in [-0.05, 0) is 58.7 Å². The van der Waals surface area contributed by atoms with Crippen molar-refractivity contribution in [3.05, 3.63) is 114 Å². The predicted molar refractivity (Wildman–Crippen MR) is 157 cm³/mol. The molecule has 0 unspecified atom stereocenters. The summed E-state index contributed by atoms with van der Waals surface area (Å²) in [6, 6.07) is 22.6. The zero-order valence-corrected chi connectivity index (χ0v) is 22.8. The number of rotatable bonds is 7. The Morgan fingerprint density at radius 3 is 1.95 bits per heavy atom. The van der Waals surface area contributed by atoms with Gasteiger partial charge in [-0.3, -0.25) is 14.8 Å².